The van der Waals surface area contributed by atoms with Gasteiger partial charge in [-0.1, -0.05) is 106 Å². The number of carbonyl (C=O) groups is 3. The average molecular weight is 971 g/mol. The molecule has 0 atom stereocenters. The van der Waals surface area contributed by atoms with Crippen LogP contribution in [0.2, 0.25) is 15.1 Å². The molecule has 61 heavy (non-hydrogen) atoms. The molecule has 11 nitrogen and oxygen atoms in total. The van der Waals surface area contributed by atoms with E-state index >= 15 is 0 Å². The normalized spacial score (nSPS) is 10.9. The highest BCUT2D eigenvalue weighted by Crippen LogP contribution is 2.22. The zero-order valence-electron chi connectivity index (χ0n) is 37.6. The molecule has 0 aliphatic carbocycles. The van der Waals surface area contributed by atoms with Gasteiger partial charge >= 0.3 is 18.1 Å². The highest BCUT2D eigenvalue weighted by atomic mass is 79.9. The molecule has 342 valence electrons. The highest BCUT2D eigenvalue weighted by Gasteiger charge is 2.24. The molecule has 0 spiro atoms. The first kappa shape index (κ1) is 55.8. The molecule has 0 saturated carbocycles. The first-order valence-corrected chi connectivity index (χ1v) is 22.9. The van der Waals surface area contributed by atoms with Gasteiger partial charge in [0.25, 0.3) is 0 Å². The minimum absolute atomic E-state index is 0. The lowest BCUT2D eigenvalue weighted by Gasteiger charge is -2.39. The molecule has 0 heterocycles. The summed E-state index contributed by atoms with van der Waals surface area (Å²) in [4.78, 5) is 39.2. The maximum atomic E-state index is 12.4. The van der Waals surface area contributed by atoms with Crippen molar-refractivity contribution in [1.82, 2.24) is 20.9 Å². The molecule has 0 aromatic heterocycles. The standard InChI is InChI=1S/C30H36Cl3N7O3.C16H36N.BrH/c1-19-4-7-22(16-25(19)31)37-28(41)34-10-13-40(14-11-35-29(42)38-23-8-5-20(2)26(32)17-23)15-12-36-30(43)39-24-9-6-21(3)27(33)18-24;1-5-9-13-17(14-10-6-2,15-11-7-3)16-12-8-4;/h4-9,16-18H,10-15H2,1-3H3,(H2,34,37,41)(H2,35,38,42)(H2,36,39,43);5-16H2,1-4H3;1H/q;+1;/p-1. The molecule has 0 aliphatic heterocycles. The van der Waals surface area contributed by atoms with E-state index in [1.54, 1.807) is 36.4 Å². The Hall–Kier alpha value is -3.26. The zero-order chi connectivity index (χ0) is 44.3. The summed E-state index contributed by atoms with van der Waals surface area (Å²) in [6.07, 6.45) is 11.1. The predicted octanol–water partition coefficient (Wildman–Crippen LogP) is 8.65. The Balaban J connectivity index is 0.000000873. The van der Waals surface area contributed by atoms with E-state index in [0.29, 0.717) is 71.4 Å². The van der Waals surface area contributed by atoms with Gasteiger partial charge in [-0.2, -0.15) is 0 Å². The Bertz CT molecular complexity index is 1540. The van der Waals surface area contributed by atoms with E-state index in [-0.39, 0.29) is 35.1 Å². The fourth-order valence-corrected chi connectivity index (χ4v) is 7.04. The molecular formula is C46H72BrCl3N8O3. The zero-order valence-corrected chi connectivity index (χ0v) is 41.4. The number of quaternary nitrogens is 1. The van der Waals surface area contributed by atoms with Crippen LogP contribution in [-0.2, 0) is 0 Å². The lowest BCUT2D eigenvalue weighted by Crippen LogP contribution is -3.00. The number of urea groups is 3. The number of nitrogens with one attached hydrogen (secondary N) is 6. The third kappa shape index (κ3) is 23.1. The van der Waals surface area contributed by atoms with Crippen LogP contribution in [0.15, 0.2) is 54.6 Å². The number of unbranched alkanes of at least 4 members (excludes halogenated alkanes) is 4. The van der Waals surface area contributed by atoms with E-state index < -0.39 is 0 Å². The fraction of sp³-hybridized carbons (Fsp3) is 0.543. The minimum Gasteiger partial charge on any atom is -1.00 e. The predicted molar refractivity (Wildman–Crippen MR) is 255 cm³/mol. The second kappa shape index (κ2) is 31.6. The summed E-state index contributed by atoms with van der Waals surface area (Å²) in [5, 5.41) is 18.4. The number of rotatable bonds is 24. The summed E-state index contributed by atoms with van der Waals surface area (Å²) in [5.74, 6) is 0. The van der Waals surface area contributed by atoms with Crippen molar-refractivity contribution in [2.24, 2.45) is 0 Å². The van der Waals surface area contributed by atoms with Crippen molar-refractivity contribution in [3.8, 4) is 0 Å². The first-order chi connectivity index (χ1) is 28.7. The second-order valence-electron chi connectivity index (χ2n) is 15.5. The van der Waals surface area contributed by atoms with Crippen molar-refractivity contribution in [2.45, 2.75) is 99.8 Å². The number of nitrogens with zero attached hydrogens (tertiary/aromatic N) is 2. The van der Waals surface area contributed by atoms with Gasteiger partial charge in [0.2, 0.25) is 0 Å². The van der Waals surface area contributed by atoms with E-state index in [1.165, 1.54) is 82.0 Å². The van der Waals surface area contributed by atoms with E-state index in [0.717, 1.165) is 16.7 Å². The Morgan fingerprint density at radius 2 is 0.754 bits per heavy atom. The average Bonchev–Trinajstić information content (AvgIpc) is 3.21. The molecule has 0 unspecified atom stereocenters. The minimum atomic E-state index is -0.372. The van der Waals surface area contributed by atoms with Crippen molar-refractivity contribution in [1.29, 1.82) is 0 Å². The van der Waals surface area contributed by atoms with Crippen LogP contribution in [0.5, 0.6) is 0 Å². The van der Waals surface area contributed by atoms with Gasteiger partial charge in [-0.3, -0.25) is 4.90 Å². The highest BCUT2D eigenvalue weighted by molar-refractivity contribution is 6.32. The molecule has 15 heteroatoms. The quantitative estimate of drug-likeness (QED) is 0.0503. The van der Waals surface area contributed by atoms with Gasteiger partial charge < -0.3 is 53.4 Å². The third-order valence-electron chi connectivity index (χ3n) is 10.4. The van der Waals surface area contributed by atoms with Gasteiger partial charge in [0.15, 0.2) is 0 Å². The number of carbonyl (C=O) groups excluding carboxylic acids is 3. The molecule has 6 amide bonds. The smallest absolute Gasteiger partial charge is 0.319 e. The molecule has 0 aliphatic rings. The van der Waals surface area contributed by atoms with Crippen LogP contribution in [0.25, 0.3) is 0 Å². The number of anilines is 3. The van der Waals surface area contributed by atoms with Gasteiger partial charge in [-0.15, -0.1) is 0 Å². The number of halogens is 4. The van der Waals surface area contributed by atoms with Crippen LogP contribution in [0, 0.1) is 20.8 Å². The van der Waals surface area contributed by atoms with Crippen LogP contribution in [0.1, 0.15) is 95.8 Å². The van der Waals surface area contributed by atoms with Gasteiger partial charge in [-0.05, 0) is 99.5 Å². The van der Waals surface area contributed by atoms with Gasteiger partial charge in [0.05, 0.1) is 26.2 Å². The molecular weight excluding hydrogens is 899 g/mol. The first-order valence-electron chi connectivity index (χ1n) is 21.7. The Kier molecular flexibility index (Phi) is 28.8. The summed E-state index contributed by atoms with van der Waals surface area (Å²) in [7, 11) is 0. The molecule has 0 fully saturated rings. The number of aryl methyl sites for hydroxylation is 3. The summed E-state index contributed by atoms with van der Waals surface area (Å²) >= 11 is 18.4. The SMILES string of the molecule is CCCC[N+](CCCC)(CCCC)CCCC.Cc1ccc(NC(=O)NCCN(CCNC(=O)Nc2ccc(C)c(Cl)c2)CCNC(=O)Nc2ccc(C)c(Cl)c2)cc1Cl.[Br-]. The summed E-state index contributed by atoms with van der Waals surface area (Å²) in [6.45, 7) is 23.1. The Morgan fingerprint density at radius 1 is 0.492 bits per heavy atom. The summed E-state index contributed by atoms with van der Waals surface area (Å²) in [6, 6.07) is 14.7. The van der Waals surface area contributed by atoms with Crippen molar-refractivity contribution in [3.63, 3.8) is 0 Å². The van der Waals surface area contributed by atoms with Crippen molar-refractivity contribution in [3.05, 3.63) is 86.4 Å². The van der Waals surface area contributed by atoms with Gasteiger partial charge in [0, 0.05) is 71.4 Å². The van der Waals surface area contributed by atoms with Gasteiger partial charge in [-0.25, -0.2) is 14.4 Å². The lowest BCUT2D eigenvalue weighted by atomic mass is 10.1. The monoisotopic (exact) mass is 968 g/mol. The summed E-state index contributed by atoms with van der Waals surface area (Å²) < 4.78 is 1.42. The van der Waals surface area contributed by atoms with Crippen LogP contribution in [0.3, 0.4) is 0 Å². The van der Waals surface area contributed by atoms with Crippen molar-refractivity contribution in [2.75, 3.05) is 81.4 Å². The van der Waals surface area contributed by atoms with E-state index in [4.69, 9.17) is 34.8 Å². The van der Waals surface area contributed by atoms with Gasteiger partial charge in [0.1, 0.15) is 0 Å². The maximum absolute atomic E-state index is 12.4. The number of hydrogen-bond acceptors (Lipinski definition) is 4. The molecule has 3 aromatic carbocycles. The van der Waals surface area contributed by atoms with Crippen molar-refractivity contribution >= 4 is 70.0 Å². The fourth-order valence-electron chi connectivity index (χ4n) is 6.50. The van der Waals surface area contributed by atoms with E-state index in [1.807, 2.05) is 43.9 Å². The molecule has 6 N–H and O–H groups in total. The van der Waals surface area contributed by atoms with E-state index in [9.17, 15) is 14.4 Å². The van der Waals surface area contributed by atoms with Crippen LogP contribution >= 0.6 is 34.8 Å². The molecule has 3 rings (SSSR count). The summed E-state index contributed by atoms with van der Waals surface area (Å²) in [5.41, 5.74) is 4.50. The number of amides is 6. The number of hydrogen-bond donors (Lipinski definition) is 6. The topological polar surface area (TPSA) is 127 Å². The van der Waals surface area contributed by atoms with Crippen molar-refractivity contribution < 1.29 is 35.8 Å². The van der Waals surface area contributed by atoms with Crippen LogP contribution in [-0.4, -0.2) is 92.9 Å². The van der Waals surface area contributed by atoms with Crippen LogP contribution < -0.4 is 48.9 Å². The molecule has 0 bridgehead atoms. The van der Waals surface area contributed by atoms with Crippen LogP contribution in [0.4, 0.5) is 31.4 Å². The Labute approximate surface area is 392 Å². The molecule has 0 saturated heterocycles. The largest absolute Gasteiger partial charge is 1.00 e. The number of benzene rings is 3. The molecule has 3 aromatic rings. The molecule has 0 radical (unpaired) electrons. The Morgan fingerprint density at radius 3 is 0.984 bits per heavy atom. The second-order valence-corrected chi connectivity index (χ2v) is 16.7. The maximum Gasteiger partial charge on any atom is 0.319 e. The van der Waals surface area contributed by atoms with E-state index in [2.05, 4.69) is 59.6 Å². The lowest BCUT2D eigenvalue weighted by molar-refractivity contribution is -0.929. The third-order valence-corrected chi connectivity index (χ3v) is 11.6.